The summed E-state index contributed by atoms with van der Waals surface area (Å²) in [5.41, 5.74) is 7.33. The average molecular weight is 427 g/mol. The van der Waals surface area contributed by atoms with Crippen molar-refractivity contribution in [2.45, 2.75) is 27.2 Å². The summed E-state index contributed by atoms with van der Waals surface area (Å²) in [6.07, 6.45) is 1.92. The summed E-state index contributed by atoms with van der Waals surface area (Å²) in [5.74, 6) is -0.103. The number of anilines is 1. The molecule has 0 radical (unpaired) electrons. The standard InChI is InChI=1S/C26H22N2O2S/c1-15-10-16(2)24(17(3)11-15)21-14-31-26(27-21)28-23(29)12-19-13-30-22-9-8-18-6-4-5-7-20(18)25(19)22/h4-11,13-14H,12H2,1-3H3,(H,27,28,29). The Morgan fingerprint density at radius 3 is 2.65 bits per heavy atom. The molecule has 0 aliphatic rings. The van der Waals surface area contributed by atoms with Crippen LogP contribution in [-0.2, 0) is 11.2 Å². The Balaban J connectivity index is 1.40. The average Bonchev–Trinajstić information content (AvgIpc) is 3.34. The molecule has 5 rings (SSSR count). The zero-order valence-electron chi connectivity index (χ0n) is 17.7. The second kappa shape index (κ2) is 7.67. The first-order valence-corrected chi connectivity index (χ1v) is 11.1. The number of aromatic nitrogens is 1. The van der Waals surface area contributed by atoms with Crippen molar-refractivity contribution in [3.63, 3.8) is 0 Å². The maximum Gasteiger partial charge on any atom is 0.230 e. The van der Waals surface area contributed by atoms with E-state index in [2.05, 4.69) is 55.3 Å². The van der Waals surface area contributed by atoms with E-state index in [-0.39, 0.29) is 12.3 Å². The van der Waals surface area contributed by atoms with E-state index in [4.69, 9.17) is 4.42 Å². The maximum atomic E-state index is 12.8. The van der Waals surface area contributed by atoms with E-state index in [1.54, 1.807) is 6.26 Å². The Morgan fingerprint density at radius 2 is 1.84 bits per heavy atom. The molecule has 31 heavy (non-hydrogen) atoms. The SMILES string of the molecule is Cc1cc(C)c(-c2csc(NC(=O)Cc3coc4ccc5ccccc5c34)n2)c(C)c1. The second-order valence-corrected chi connectivity index (χ2v) is 8.82. The van der Waals surface area contributed by atoms with Crippen molar-refractivity contribution in [3.05, 3.63) is 82.4 Å². The van der Waals surface area contributed by atoms with Gasteiger partial charge in [-0.2, -0.15) is 0 Å². The highest BCUT2D eigenvalue weighted by atomic mass is 32.1. The van der Waals surface area contributed by atoms with Crippen LogP contribution in [0, 0.1) is 20.8 Å². The Bertz CT molecular complexity index is 1420. The van der Waals surface area contributed by atoms with Gasteiger partial charge in [-0.05, 0) is 48.7 Å². The summed E-state index contributed by atoms with van der Waals surface area (Å²) in [6, 6.07) is 16.5. The van der Waals surface area contributed by atoms with Gasteiger partial charge < -0.3 is 9.73 Å². The van der Waals surface area contributed by atoms with E-state index in [0.717, 1.165) is 38.6 Å². The Morgan fingerprint density at radius 1 is 1.06 bits per heavy atom. The molecular weight excluding hydrogens is 404 g/mol. The van der Waals surface area contributed by atoms with Crippen molar-refractivity contribution in [2.75, 3.05) is 5.32 Å². The second-order valence-electron chi connectivity index (χ2n) is 7.96. The van der Waals surface area contributed by atoms with Crippen LogP contribution in [-0.4, -0.2) is 10.9 Å². The summed E-state index contributed by atoms with van der Waals surface area (Å²) >= 11 is 1.45. The lowest BCUT2D eigenvalue weighted by atomic mass is 9.98. The molecular formula is C26H22N2O2S. The molecule has 2 aromatic heterocycles. The summed E-state index contributed by atoms with van der Waals surface area (Å²) in [7, 11) is 0. The first-order chi connectivity index (χ1) is 15.0. The normalized spacial score (nSPS) is 11.3. The minimum atomic E-state index is -0.103. The molecule has 0 spiro atoms. The lowest BCUT2D eigenvalue weighted by molar-refractivity contribution is -0.115. The van der Waals surface area contributed by atoms with E-state index in [1.165, 1.54) is 28.0 Å². The lowest BCUT2D eigenvalue weighted by Crippen LogP contribution is -2.14. The molecule has 0 unspecified atom stereocenters. The van der Waals surface area contributed by atoms with Crippen molar-refractivity contribution in [1.82, 2.24) is 4.98 Å². The molecule has 1 N–H and O–H groups in total. The quantitative estimate of drug-likeness (QED) is 0.343. The first kappa shape index (κ1) is 19.5. The molecule has 2 heterocycles. The number of carbonyl (C=O) groups is 1. The minimum Gasteiger partial charge on any atom is -0.464 e. The van der Waals surface area contributed by atoms with Gasteiger partial charge in [-0.1, -0.05) is 48.0 Å². The molecule has 0 fully saturated rings. The van der Waals surface area contributed by atoms with Gasteiger partial charge in [0.15, 0.2) is 5.13 Å². The van der Waals surface area contributed by atoms with Gasteiger partial charge in [0.1, 0.15) is 5.58 Å². The third-order valence-electron chi connectivity index (χ3n) is 5.57. The third-order valence-corrected chi connectivity index (χ3v) is 6.33. The molecule has 0 aliphatic heterocycles. The molecule has 4 nitrogen and oxygen atoms in total. The van der Waals surface area contributed by atoms with Crippen LogP contribution < -0.4 is 5.32 Å². The zero-order valence-corrected chi connectivity index (χ0v) is 18.5. The van der Waals surface area contributed by atoms with Crippen LogP contribution >= 0.6 is 11.3 Å². The fourth-order valence-corrected chi connectivity index (χ4v) is 5.09. The van der Waals surface area contributed by atoms with Gasteiger partial charge in [-0.15, -0.1) is 11.3 Å². The van der Waals surface area contributed by atoms with Crippen LogP contribution in [0.5, 0.6) is 0 Å². The van der Waals surface area contributed by atoms with Crippen molar-refractivity contribution in [3.8, 4) is 11.3 Å². The molecule has 0 aliphatic carbocycles. The number of nitrogens with zero attached hydrogens (tertiary/aromatic N) is 1. The zero-order chi connectivity index (χ0) is 21.5. The topological polar surface area (TPSA) is 55.1 Å². The highest BCUT2D eigenvalue weighted by Crippen LogP contribution is 2.32. The number of aryl methyl sites for hydroxylation is 3. The van der Waals surface area contributed by atoms with E-state index >= 15 is 0 Å². The molecule has 3 aromatic carbocycles. The summed E-state index contributed by atoms with van der Waals surface area (Å²) in [5, 5.41) is 8.80. The highest BCUT2D eigenvalue weighted by molar-refractivity contribution is 7.14. The van der Waals surface area contributed by atoms with Gasteiger partial charge in [0.25, 0.3) is 0 Å². The van der Waals surface area contributed by atoms with E-state index < -0.39 is 0 Å². The van der Waals surface area contributed by atoms with Crippen LogP contribution in [0.1, 0.15) is 22.3 Å². The maximum absolute atomic E-state index is 12.8. The monoisotopic (exact) mass is 426 g/mol. The van der Waals surface area contributed by atoms with Crippen LogP contribution in [0.3, 0.4) is 0 Å². The molecule has 5 heteroatoms. The van der Waals surface area contributed by atoms with Crippen LogP contribution in [0.15, 0.2) is 64.6 Å². The van der Waals surface area contributed by atoms with Gasteiger partial charge in [0, 0.05) is 21.9 Å². The molecule has 0 saturated carbocycles. The number of hydrogen-bond acceptors (Lipinski definition) is 4. The summed E-state index contributed by atoms with van der Waals surface area (Å²) in [4.78, 5) is 17.5. The highest BCUT2D eigenvalue weighted by Gasteiger charge is 2.16. The lowest BCUT2D eigenvalue weighted by Gasteiger charge is -2.08. The molecule has 0 bridgehead atoms. The Kier molecular flexibility index (Phi) is 4.83. The summed E-state index contributed by atoms with van der Waals surface area (Å²) in [6.45, 7) is 6.29. The number of benzene rings is 3. The fraction of sp³-hybridized carbons (Fsp3) is 0.154. The number of rotatable bonds is 4. The van der Waals surface area contributed by atoms with Crippen molar-refractivity contribution in [1.29, 1.82) is 0 Å². The number of carbonyl (C=O) groups excluding carboxylic acids is 1. The van der Waals surface area contributed by atoms with Gasteiger partial charge >= 0.3 is 0 Å². The van der Waals surface area contributed by atoms with E-state index in [1.807, 2.05) is 29.6 Å². The Hall–Kier alpha value is -3.44. The van der Waals surface area contributed by atoms with Crippen molar-refractivity contribution in [2.24, 2.45) is 0 Å². The first-order valence-electron chi connectivity index (χ1n) is 10.2. The molecule has 5 aromatic rings. The predicted octanol–water partition coefficient (Wildman–Crippen LogP) is 6.82. The minimum absolute atomic E-state index is 0.103. The van der Waals surface area contributed by atoms with Crippen molar-refractivity contribution >= 4 is 44.1 Å². The molecule has 154 valence electrons. The third kappa shape index (κ3) is 3.62. The van der Waals surface area contributed by atoms with Crippen LogP contribution in [0.2, 0.25) is 0 Å². The number of thiazole rings is 1. The fourth-order valence-electron chi connectivity index (χ4n) is 4.37. The van der Waals surface area contributed by atoms with Crippen molar-refractivity contribution < 1.29 is 9.21 Å². The number of furan rings is 1. The van der Waals surface area contributed by atoms with Crippen LogP contribution in [0.25, 0.3) is 33.0 Å². The van der Waals surface area contributed by atoms with Gasteiger partial charge in [0.05, 0.1) is 18.4 Å². The van der Waals surface area contributed by atoms with E-state index in [0.29, 0.717) is 5.13 Å². The number of hydrogen-bond donors (Lipinski definition) is 1. The van der Waals surface area contributed by atoms with Crippen LogP contribution in [0.4, 0.5) is 5.13 Å². The predicted molar refractivity (Wildman–Crippen MR) is 128 cm³/mol. The smallest absolute Gasteiger partial charge is 0.230 e. The molecule has 0 atom stereocenters. The summed E-state index contributed by atoms with van der Waals surface area (Å²) < 4.78 is 5.71. The van der Waals surface area contributed by atoms with E-state index in [9.17, 15) is 4.79 Å². The number of amides is 1. The molecule has 0 saturated heterocycles. The number of fused-ring (bicyclic) bond motifs is 3. The number of nitrogens with one attached hydrogen (secondary N) is 1. The largest absolute Gasteiger partial charge is 0.464 e. The molecule has 1 amide bonds. The van der Waals surface area contributed by atoms with Gasteiger partial charge in [-0.25, -0.2) is 4.98 Å². The van der Waals surface area contributed by atoms with Gasteiger partial charge in [-0.3, -0.25) is 4.79 Å². The Labute approximate surface area is 184 Å². The van der Waals surface area contributed by atoms with Gasteiger partial charge in [0.2, 0.25) is 5.91 Å².